The zero-order valence-electron chi connectivity index (χ0n) is 20.5. The van der Waals surface area contributed by atoms with Crippen molar-refractivity contribution in [1.29, 1.82) is 0 Å². The molecule has 0 aromatic heterocycles. The molecule has 196 valence electrons. The molecule has 2 fully saturated rings. The summed E-state index contributed by atoms with van der Waals surface area (Å²) in [5, 5.41) is -0.420. The lowest BCUT2D eigenvalue weighted by atomic mass is 10.1. The normalized spacial score (nSPS) is 17.3. The monoisotopic (exact) mass is 746 g/mol. The highest BCUT2D eigenvalue weighted by Crippen LogP contribution is 2.38. The van der Waals surface area contributed by atoms with Crippen molar-refractivity contribution in [2.75, 3.05) is 26.2 Å². The number of imide groups is 1. The van der Waals surface area contributed by atoms with Crippen LogP contribution in [0.2, 0.25) is 0 Å². The van der Waals surface area contributed by atoms with E-state index in [-0.39, 0.29) is 12.5 Å². The molecular weight excluding hydrogens is 718 g/mol. The first-order valence-electron chi connectivity index (χ1n) is 12.2. The number of carbonyl (C=O) groups is 3. The van der Waals surface area contributed by atoms with Crippen molar-refractivity contribution in [3.8, 4) is 11.5 Å². The Morgan fingerprint density at radius 1 is 1.03 bits per heavy atom. The Hall–Kier alpha value is -1.80. The van der Waals surface area contributed by atoms with E-state index in [1.165, 1.54) is 0 Å². The molecular formula is C27H28I2N2O5S. The van der Waals surface area contributed by atoms with Gasteiger partial charge in [-0.05, 0) is 118 Å². The van der Waals surface area contributed by atoms with Gasteiger partial charge in [0, 0.05) is 16.7 Å². The molecule has 0 aliphatic carbocycles. The Bertz CT molecular complexity index is 1190. The molecule has 2 aromatic carbocycles. The molecule has 2 aliphatic rings. The van der Waals surface area contributed by atoms with Crippen LogP contribution in [-0.2, 0) is 16.2 Å². The fourth-order valence-corrected chi connectivity index (χ4v) is 6.13. The van der Waals surface area contributed by atoms with Gasteiger partial charge in [0.15, 0.2) is 11.5 Å². The summed E-state index contributed by atoms with van der Waals surface area (Å²) in [5.74, 6) is 0.592. The van der Waals surface area contributed by atoms with E-state index < -0.39 is 11.1 Å². The summed E-state index contributed by atoms with van der Waals surface area (Å²) < 4.78 is 13.9. The number of halogens is 2. The maximum Gasteiger partial charge on any atom is 0.294 e. The van der Waals surface area contributed by atoms with Gasteiger partial charge in [0.2, 0.25) is 5.91 Å². The van der Waals surface area contributed by atoms with Crippen molar-refractivity contribution in [2.45, 2.75) is 39.2 Å². The van der Waals surface area contributed by atoms with Crippen molar-refractivity contribution >= 4 is 80.1 Å². The number of ether oxygens (including phenoxy) is 2. The van der Waals surface area contributed by atoms with Gasteiger partial charge in [0.05, 0.1) is 15.1 Å². The van der Waals surface area contributed by atoms with E-state index in [0.717, 1.165) is 60.6 Å². The highest BCUT2D eigenvalue weighted by atomic mass is 127. The standard InChI is InChI=1S/C27H28I2N2O5S/c1-2-35-22-14-19(13-21(29)25(22)36-17-18-7-9-20(28)10-8-18)15-23-26(33)31(27(34)37-23)16-24(32)30-11-5-3-4-6-12-30/h7-10,13-15H,2-6,11-12,16-17H2,1H3. The Labute approximate surface area is 248 Å². The lowest BCUT2D eigenvalue weighted by Gasteiger charge is -2.22. The van der Waals surface area contributed by atoms with Crippen molar-refractivity contribution in [3.63, 3.8) is 0 Å². The molecule has 2 saturated heterocycles. The molecule has 0 unspecified atom stereocenters. The minimum absolute atomic E-state index is 0.173. The summed E-state index contributed by atoms with van der Waals surface area (Å²) in [6.07, 6.45) is 5.80. The molecule has 3 amide bonds. The molecule has 0 radical (unpaired) electrons. The highest BCUT2D eigenvalue weighted by Gasteiger charge is 2.37. The van der Waals surface area contributed by atoms with Crippen LogP contribution in [0.3, 0.4) is 0 Å². The Balaban J connectivity index is 1.49. The summed E-state index contributed by atoms with van der Waals surface area (Å²) in [5.41, 5.74) is 1.77. The molecule has 0 atom stereocenters. The van der Waals surface area contributed by atoms with E-state index in [1.807, 2.05) is 43.3 Å². The number of benzene rings is 2. The van der Waals surface area contributed by atoms with Gasteiger partial charge in [-0.25, -0.2) is 0 Å². The number of rotatable bonds is 8. The molecule has 0 saturated carbocycles. The summed E-state index contributed by atoms with van der Waals surface area (Å²) in [6.45, 7) is 3.90. The number of likely N-dealkylation sites (tertiary alicyclic amines) is 1. The number of amides is 3. The molecule has 37 heavy (non-hydrogen) atoms. The van der Waals surface area contributed by atoms with Gasteiger partial charge in [-0.2, -0.15) is 0 Å². The quantitative estimate of drug-likeness (QED) is 0.233. The van der Waals surface area contributed by atoms with Crippen molar-refractivity contribution in [1.82, 2.24) is 9.80 Å². The fraction of sp³-hybridized carbons (Fsp3) is 0.370. The summed E-state index contributed by atoms with van der Waals surface area (Å²) >= 11 is 5.31. The first-order valence-corrected chi connectivity index (χ1v) is 15.2. The van der Waals surface area contributed by atoms with Crippen LogP contribution in [-0.4, -0.2) is 53.1 Å². The Morgan fingerprint density at radius 3 is 2.41 bits per heavy atom. The second-order valence-electron chi connectivity index (χ2n) is 8.74. The van der Waals surface area contributed by atoms with Gasteiger partial charge in [0.25, 0.3) is 11.1 Å². The third kappa shape index (κ3) is 7.41. The first kappa shape index (κ1) is 28.2. The highest BCUT2D eigenvalue weighted by molar-refractivity contribution is 14.1. The van der Waals surface area contributed by atoms with E-state index in [0.29, 0.717) is 42.7 Å². The number of hydrogen-bond acceptors (Lipinski definition) is 6. The summed E-state index contributed by atoms with van der Waals surface area (Å²) in [7, 11) is 0. The zero-order valence-corrected chi connectivity index (χ0v) is 25.6. The second kappa shape index (κ2) is 13.3. The van der Waals surface area contributed by atoms with Gasteiger partial charge >= 0.3 is 0 Å². The topological polar surface area (TPSA) is 76.2 Å². The SMILES string of the molecule is CCOc1cc(C=C2SC(=O)N(CC(=O)N3CCCCCC3)C2=O)cc(I)c1OCc1ccc(I)cc1. The second-order valence-corrected chi connectivity index (χ2v) is 12.1. The average molecular weight is 746 g/mol. The van der Waals surface area contributed by atoms with Gasteiger partial charge in [-0.3, -0.25) is 19.3 Å². The molecule has 0 spiro atoms. The van der Waals surface area contributed by atoms with Gasteiger partial charge in [-0.15, -0.1) is 0 Å². The average Bonchev–Trinajstić information content (AvgIpc) is 3.05. The number of hydrogen-bond donors (Lipinski definition) is 0. The Kier molecular flexibility index (Phi) is 10.2. The molecule has 4 rings (SSSR count). The predicted octanol–water partition coefficient (Wildman–Crippen LogP) is 6.31. The number of thioether (sulfide) groups is 1. The van der Waals surface area contributed by atoms with Crippen LogP contribution in [0.5, 0.6) is 11.5 Å². The maximum absolute atomic E-state index is 13.0. The van der Waals surface area contributed by atoms with Crippen LogP contribution in [0.1, 0.15) is 43.7 Å². The van der Waals surface area contributed by atoms with Crippen LogP contribution in [0.25, 0.3) is 6.08 Å². The Morgan fingerprint density at radius 2 is 1.73 bits per heavy atom. The van der Waals surface area contributed by atoms with Gasteiger partial charge in [0.1, 0.15) is 13.2 Å². The van der Waals surface area contributed by atoms with Gasteiger partial charge in [-0.1, -0.05) is 25.0 Å². The predicted molar refractivity (Wildman–Crippen MR) is 162 cm³/mol. The van der Waals surface area contributed by atoms with Crippen LogP contribution in [0, 0.1) is 7.14 Å². The third-order valence-corrected chi connectivity index (χ3v) is 8.48. The molecule has 0 bridgehead atoms. The van der Waals surface area contributed by atoms with E-state index in [9.17, 15) is 14.4 Å². The molecule has 2 aromatic rings. The molecule has 2 aliphatic heterocycles. The van der Waals surface area contributed by atoms with E-state index in [2.05, 4.69) is 45.2 Å². The first-order chi connectivity index (χ1) is 17.9. The summed E-state index contributed by atoms with van der Waals surface area (Å²) in [4.78, 5) is 41.5. The zero-order chi connectivity index (χ0) is 26.4. The summed E-state index contributed by atoms with van der Waals surface area (Å²) in [6, 6.07) is 11.8. The van der Waals surface area contributed by atoms with E-state index >= 15 is 0 Å². The van der Waals surface area contributed by atoms with Crippen LogP contribution < -0.4 is 9.47 Å². The minimum Gasteiger partial charge on any atom is -0.490 e. The molecule has 7 nitrogen and oxygen atoms in total. The van der Waals surface area contributed by atoms with E-state index in [4.69, 9.17) is 9.47 Å². The maximum atomic E-state index is 13.0. The largest absolute Gasteiger partial charge is 0.490 e. The minimum atomic E-state index is -0.440. The van der Waals surface area contributed by atoms with E-state index in [1.54, 1.807) is 11.0 Å². The van der Waals surface area contributed by atoms with Crippen LogP contribution >= 0.6 is 56.9 Å². The van der Waals surface area contributed by atoms with Gasteiger partial charge < -0.3 is 14.4 Å². The molecule has 0 N–H and O–H groups in total. The smallest absolute Gasteiger partial charge is 0.294 e. The molecule has 10 heteroatoms. The van der Waals surface area contributed by atoms with Crippen molar-refractivity contribution < 1.29 is 23.9 Å². The third-order valence-electron chi connectivity index (χ3n) is 6.05. The van der Waals surface area contributed by atoms with Crippen molar-refractivity contribution in [3.05, 3.63) is 59.6 Å². The number of carbonyl (C=O) groups excluding carboxylic acids is 3. The lowest BCUT2D eigenvalue weighted by Crippen LogP contribution is -2.42. The van der Waals surface area contributed by atoms with Crippen molar-refractivity contribution in [2.24, 2.45) is 0 Å². The molecule has 2 heterocycles. The lowest BCUT2D eigenvalue weighted by molar-refractivity contribution is -0.135. The fourth-order valence-electron chi connectivity index (χ4n) is 4.15. The van der Waals surface area contributed by atoms with Crippen LogP contribution in [0.15, 0.2) is 41.3 Å². The van der Waals surface area contributed by atoms with Crippen LogP contribution in [0.4, 0.5) is 4.79 Å². The number of nitrogens with zero attached hydrogens (tertiary/aromatic N) is 2.